The maximum Gasteiger partial charge on any atom is 0.233 e. The van der Waals surface area contributed by atoms with Gasteiger partial charge in [-0.25, -0.2) is 0 Å². The molecule has 138 valence electrons. The molecule has 1 aromatic heterocycles. The maximum absolute atomic E-state index is 12.3. The van der Waals surface area contributed by atoms with Gasteiger partial charge in [0.15, 0.2) is 11.0 Å². The summed E-state index contributed by atoms with van der Waals surface area (Å²) in [5, 5.41) is 10.2. The van der Waals surface area contributed by atoms with E-state index < -0.39 is 0 Å². The highest BCUT2D eigenvalue weighted by Crippen LogP contribution is 2.30. The average molecular weight is 399 g/mol. The Balaban J connectivity index is 1.71. The molecule has 1 fully saturated rings. The van der Waals surface area contributed by atoms with Crippen molar-refractivity contribution in [2.24, 2.45) is 0 Å². The minimum atomic E-state index is 0.152. The molecule has 0 radical (unpaired) electrons. The summed E-state index contributed by atoms with van der Waals surface area (Å²) in [5.41, 5.74) is 3.05. The number of aryl methyl sites for hydroxylation is 1. The summed E-state index contributed by atoms with van der Waals surface area (Å²) < 4.78 is 2.02. The van der Waals surface area contributed by atoms with Crippen molar-refractivity contribution in [2.45, 2.75) is 18.5 Å². The molecule has 1 aliphatic rings. The smallest absolute Gasteiger partial charge is 0.233 e. The second-order valence-corrected chi connectivity index (χ2v) is 7.84. The van der Waals surface area contributed by atoms with Gasteiger partial charge in [0, 0.05) is 23.7 Å². The Bertz CT molecular complexity index is 966. The van der Waals surface area contributed by atoms with Crippen LogP contribution in [-0.4, -0.2) is 44.4 Å². The first kappa shape index (κ1) is 18.1. The third kappa shape index (κ3) is 3.73. The lowest BCUT2D eigenvalue weighted by molar-refractivity contribution is -0.131. The molecule has 0 N–H and O–H groups in total. The summed E-state index contributed by atoms with van der Waals surface area (Å²) in [6, 6.07) is 15.6. The van der Waals surface area contributed by atoms with Crippen LogP contribution in [0.15, 0.2) is 53.7 Å². The van der Waals surface area contributed by atoms with Crippen LogP contribution >= 0.6 is 23.4 Å². The summed E-state index contributed by atoms with van der Waals surface area (Å²) in [4.78, 5) is 14.1. The van der Waals surface area contributed by atoms with Gasteiger partial charge < -0.3 is 4.90 Å². The standard InChI is InChI=1S/C20H19ClN4OS/c1-14-5-2-3-6-17(14)25-19(15-7-9-16(21)10-8-15)22-23-20(25)27-13-18(26)24-11-4-12-24/h2-3,5-10H,4,11-13H2,1H3. The van der Waals surface area contributed by atoms with Gasteiger partial charge in [0.2, 0.25) is 5.91 Å². The minimum absolute atomic E-state index is 0.152. The van der Waals surface area contributed by atoms with Gasteiger partial charge in [0.25, 0.3) is 0 Å². The second-order valence-electron chi connectivity index (χ2n) is 6.46. The number of likely N-dealkylation sites (tertiary alicyclic amines) is 1. The van der Waals surface area contributed by atoms with Crippen LogP contribution in [0.2, 0.25) is 5.02 Å². The number of aromatic nitrogens is 3. The molecule has 1 saturated heterocycles. The van der Waals surface area contributed by atoms with E-state index in [1.165, 1.54) is 11.8 Å². The molecule has 2 heterocycles. The quantitative estimate of drug-likeness (QED) is 0.604. The molecule has 0 saturated carbocycles. The van der Waals surface area contributed by atoms with Crippen LogP contribution < -0.4 is 0 Å². The third-order valence-corrected chi connectivity index (χ3v) is 5.79. The average Bonchev–Trinajstić information content (AvgIpc) is 3.03. The molecule has 1 amide bonds. The van der Waals surface area contributed by atoms with Gasteiger partial charge in [-0.15, -0.1) is 10.2 Å². The largest absolute Gasteiger partial charge is 0.342 e. The zero-order valence-electron chi connectivity index (χ0n) is 14.9. The predicted octanol–water partition coefficient (Wildman–Crippen LogP) is 4.22. The number of rotatable bonds is 5. The van der Waals surface area contributed by atoms with E-state index in [0.29, 0.717) is 15.9 Å². The number of amides is 1. The fourth-order valence-electron chi connectivity index (χ4n) is 2.96. The van der Waals surface area contributed by atoms with Crippen molar-refractivity contribution in [1.82, 2.24) is 19.7 Å². The number of para-hydroxylation sites is 1. The van der Waals surface area contributed by atoms with Gasteiger partial charge in [0.05, 0.1) is 11.4 Å². The topological polar surface area (TPSA) is 51.0 Å². The van der Waals surface area contributed by atoms with Crippen LogP contribution in [0.1, 0.15) is 12.0 Å². The van der Waals surface area contributed by atoms with E-state index in [-0.39, 0.29) is 5.91 Å². The van der Waals surface area contributed by atoms with Crippen molar-refractivity contribution < 1.29 is 4.79 Å². The van der Waals surface area contributed by atoms with E-state index in [2.05, 4.69) is 23.2 Å². The number of nitrogens with zero attached hydrogens (tertiary/aromatic N) is 4. The second kappa shape index (κ2) is 7.74. The first-order valence-corrected chi connectivity index (χ1v) is 10.2. The Labute approximate surface area is 167 Å². The maximum atomic E-state index is 12.3. The zero-order chi connectivity index (χ0) is 18.8. The Kier molecular flexibility index (Phi) is 5.18. The van der Waals surface area contributed by atoms with E-state index in [1.54, 1.807) is 0 Å². The van der Waals surface area contributed by atoms with Crippen LogP contribution in [0.4, 0.5) is 0 Å². The van der Waals surface area contributed by atoms with Crippen LogP contribution in [0, 0.1) is 6.92 Å². The van der Waals surface area contributed by atoms with Crippen LogP contribution in [-0.2, 0) is 4.79 Å². The lowest BCUT2D eigenvalue weighted by atomic mass is 10.1. The molecule has 4 rings (SSSR count). The summed E-state index contributed by atoms with van der Waals surface area (Å²) in [5.74, 6) is 1.25. The van der Waals surface area contributed by atoms with Gasteiger partial charge in [-0.3, -0.25) is 9.36 Å². The number of benzene rings is 2. The number of hydrogen-bond acceptors (Lipinski definition) is 4. The highest BCUT2D eigenvalue weighted by atomic mass is 35.5. The van der Waals surface area contributed by atoms with Gasteiger partial charge in [-0.1, -0.05) is 41.6 Å². The molecule has 3 aromatic rings. The molecule has 0 bridgehead atoms. The molecule has 0 spiro atoms. The van der Waals surface area contributed by atoms with Gasteiger partial charge in [-0.2, -0.15) is 0 Å². The molecule has 0 unspecified atom stereocenters. The Hall–Kier alpha value is -2.31. The van der Waals surface area contributed by atoms with E-state index >= 15 is 0 Å². The first-order valence-electron chi connectivity index (χ1n) is 8.81. The van der Waals surface area contributed by atoms with E-state index in [1.807, 2.05) is 51.9 Å². The van der Waals surface area contributed by atoms with Gasteiger partial charge in [0.1, 0.15) is 0 Å². The molecule has 0 aliphatic carbocycles. The molecule has 27 heavy (non-hydrogen) atoms. The minimum Gasteiger partial charge on any atom is -0.342 e. The molecule has 7 heteroatoms. The lowest BCUT2D eigenvalue weighted by Crippen LogP contribution is -2.43. The Morgan fingerprint density at radius 2 is 1.85 bits per heavy atom. The molecule has 0 atom stereocenters. The van der Waals surface area contributed by atoms with E-state index in [0.717, 1.165) is 42.1 Å². The highest BCUT2D eigenvalue weighted by molar-refractivity contribution is 7.99. The molecular weight excluding hydrogens is 380 g/mol. The SMILES string of the molecule is Cc1ccccc1-n1c(SCC(=O)N2CCC2)nnc1-c1ccc(Cl)cc1. The Morgan fingerprint density at radius 1 is 1.11 bits per heavy atom. The highest BCUT2D eigenvalue weighted by Gasteiger charge is 2.22. The summed E-state index contributed by atoms with van der Waals surface area (Å²) >= 11 is 7.46. The van der Waals surface area contributed by atoms with Crippen molar-refractivity contribution in [3.63, 3.8) is 0 Å². The first-order chi connectivity index (χ1) is 13.1. The van der Waals surface area contributed by atoms with Crippen molar-refractivity contribution in [3.8, 4) is 17.1 Å². The normalized spacial score (nSPS) is 13.5. The van der Waals surface area contributed by atoms with Crippen LogP contribution in [0.5, 0.6) is 0 Å². The third-order valence-electron chi connectivity index (χ3n) is 4.63. The molecular formula is C20H19ClN4OS. The number of carbonyl (C=O) groups excluding carboxylic acids is 1. The number of thioether (sulfide) groups is 1. The summed E-state index contributed by atoms with van der Waals surface area (Å²) in [6.07, 6.45) is 1.09. The van der Waals surface area contributed by atoms with Crippen LogP contribution in [0.3, 0.4) is 0 Å². The molecule has 5 nitrogen and oxygen atoms in total. The number of hydrogen-bond donors (Lipinski definition) is 0. The van der Waals surface area contributed by atoms with Gasteiger partial charge in [-0.05, 0) is 49.2 Å². The van der Waals surface area contributed by atoms with Gasteiger partial charge >= 0.3 is 0 Å². The zero-order valence-corrected chi connectivity index (χ0v) is 16.5. The fraction of sp³-hybridized carbons (Fsp3) is 0.250. The van der Waals surface area contributed by atoms with Crippen LogP contribution in [0.25, 0.3) is 17.1 Å². The molecule has 1 aliphatic heterocycles. The lowest BCUT2D eigenvalue weighted by Gasteiger charge is -2.30. The van der Waals surface area contributed by atoms with Crippen molar-refractivity contribution in [3.05, 3.63) is 59.1 Å². The number of carbonyl (C=O) groups is 1. The fourth-order valence-corrected chi connectivity index (χ4v) is 3.94. The van der Waals surface area contributed by atoms with Crippen molar-refractivity contribution in [1.29, 1.82) is 0 Å². The molecule has 2 aromatic carbocycles. The van der Waals surface area contributed by atoms with Crippen molar-refractivity contribution in [2.75, 3.05) is 18.8 Å². The van der Waals surface area contributed by atoms with E-state index in [9.17, 15) is 4.79 Å². The Morgan fingerprint density at radius 3 is 2.52 bits per heavy atom. The van der Waals surface area contributed by atoms with E-state index in [4.69, 9.17) is 11.6 Å². The summed E-state index contributed by atoms with van der Waals surface area (Å²) in [6.45, 7) is 3.78. The number of halogens is 1. The summed E-state index contributed by atoms with van der Waals surface area (Å²) in [7, 11) is 0. The predicted molar refractivity (Wildman–Crippen MR) is 108 cm³/mol. The monoisotopic (exact) mass is 398 g/mol. The van der Waals surface area contributed by atoms with Crippen molar-refractivity contribution >= 4 is 29.3 Å².